The maximum atomic E-state index is 12.8. The third-order valence-corrected chi connectivity index (χ3v) is 4.41. The molecule has 1 aliphatic rings. The summed E-state index contributed by atoms with van der Waals surface area (Å²) in [6.07, 6.45) is 1.98. The van der Waals surface area contributed by atoms with E-state index in [1.54, 1.807) is 41.3 Å². The lowest BCUT2D eigenvalue weighted by Gasteiger charge is -2.34. The molecule has 136 valence electrons. The summed E-state index contributed by atoms with van der Waals surface area (Å²) in [6, 6.07) is 9.75. The summed E-state index contributed by atoms with van der Waals surface area (Å²) in [5.41, 5.74) is 0.873. The van der Waals surface area contributed by atoms with E-state index in [9.17, 15) is 19.5 Å². The summed E-state index contributed by atoms with van der Waals surface area (Å²) < 4.78 is 5.04. The third kappa shape index (κ3) is 3.93. The maximum absolute atomic E-state index is 12.8. The van der Waals surface area contributed by atoms with Crippen LogP contribution in [0.2, 0.25) is 0 Å². The number of anilines is 1. The molecule has 2 N–H and O–H groups in total. The van der Waals surface area contributed by atoms with Crippen LogP contribution in [0.4, 0.5) is 5.69 Å². The number of nitrogens with zero attached hydrogens (tertiary/aromatic N) is 1. The van der Waals surface area contributed by atoms with E-state index in [0.717, 1.165) is 0 Å². The van der Waals surface area contributed by atoms with Gasteiger partial charge in [0.1, 0.15) is 0 Å². The lowest BCUT2D eigenvalue weighted by Crippen LogP contribution is -2.45. The molecule has 0 bridgehead atoms. The Hall–Kier alpha value is -3.09. The normalized spacial score (nSPS) is 19.8. The van der Waals surface area contributed by atoms with Crippen LogP contribution < -0.4 is 5.32 Å². The first kappa shape index (κ1) is 17.7. The van der Waals surface area contributed by atoms with Gasteiger partial charge >= 0.3 is 5.97 Å². The van der Waals surface area contributed by atoms with Gasteiger partial charge in [0, 0.05) is 24.3 Å². The van der Waals surface area contributed by atoms with Crippen molar-refractivity contribution in [2.75, 3.05) is 18.4 Å². The molecular formula is C19H20N2O5. The minimum Gasteiger partial charge on any atom is -0.481 e. The van der Waals surface area contributed by atoms with Crippen LogP contribution in [0, 0.1) is 11.8 Å². The van der Waals surface area contributed by atoms with Crippen LogP contribution >= 0.6 is 0 Å². The number of carboxylic acid groups (broad SMARTS) is 1. The average molecular weight is 356 g/mol. The van der Waals surface area contributed by atoms with E-state index in [-0.39, 0.29) is 24.1 Å². The summed E-state index contributed by atoms with van der Waals surface area (Å²) in [7, 11) is 0. The van der Waals surface area contributed by atoms with Gasteiger partial charge in [0.25, 0.3) is 11.8 Å². The summed E-state index contributed by atoms with van der Waals surface area (Å²) >= 11 is 0. The Morgan fingerprint density at radius 3 is 2.69 bits per heavy atom. The quantitative estimate of drug-likeness (QED) is 0.877. The molecule has 3 rings (SSSR count). The molecule has 1 saturated heterocycles. The number of hydrogen-bond acceptors (Lipinski definition) is 4. The Labute approximate surface area is 150 Å². The zero-order valence-corrected chi connectivity index (χ0v) is 14.3. The summed E-state index contributed by atoms with van der Waals surface area (Å²) in [4.78, 5) is 37.7. The molecule has 0 radical (unpaired) electrons. The van der Waals surface area contributed by atoms with Gasteiger partial charge in [-0.25, -0.2) is 0 Å². The van der Waals surface area contributed by atoms with Crippen molar-refractivity contribution in [3.63, 3.8) is 0 Å². The number of aliphatic carboxylic acids is 1. The molecule has 26 heavy (non-hydrogen) atoms. The van der Waals surface area contributed by atoms with Crippen LogP contribution in [0.25, 0.3) is 0 Å². The predicted molar refractivity (Wildman–Crippen MR) is 93.9 cm³/mol. The number of rotatable bonds is 4. The Morgan fingerprint density at radius 2 is 2.00 bits per heavy atom. The molecule has 7 heteroatoms. The van der Waals surface area contributed by atoms with Gasteiger partial charge in [-0.15, -0.1) is 0 Å². The third-order valence-electron chi connectivity index (χ3n) is 4.41. The van der Waals surface area contributed by atoms with Crippen LogP contribution in [0.1, 0.15) is 34.3 Å². The number of carbonyl (C=O) groups excluding carboxylic acids is 2. The van der Waals surface area contributed by atoms with Gasteiger partial charge in [-0.3, -0.25) is 14.4 Å². The standard InChI is InChI=1S/C19H20N2O5/c1-12-8-14(19(24)25)11-21(10-12)18(23)13-4-2-5-15(9-13)20-17(22)16-6-3-7-26-16/h2-7,9,12,14H,8,10-11H2,1H3,(H,20,22)(H,24,25). The summed E-state index contributed by atoms with van der Waals surface area (Å²) in [5, 5.41) is 11.9. The van der Waals surface area contributed by atoms with Gasteiger partial charge < -0.3 is 19.7 Å². The molecule has 2 heterocycles. The number of likely N-dealkylation sites (tertiary alicyclic amines) is 1. The molecule has 2 aromatic rings. The second-order valence-electron chi connectivity index (χ2n) is 6.60. The lowest BCUT2D eigenvalue weighted by atomic mass is 9.90. The van der Waals surface area contributed by atoms with E-state index in [0.29, 0.717) is 24.2 Å². The Bertz CT molecular complexity index is 815. The minimum absolute atomic E-state index is 0.121. The van der Waals surface area contributed by atoms with E-state index < -0.39 is 17.8 Å². The summed E-state index contributed by atoms with van der Waals surface area (Å²) in [6.45, 7) is 2.66. The van der Waals surface area contributed by atoms with Crippen molar-refractivity contribution in [3.8, 4) is 0 Å². The topological polar surface area (TPSA) is 99.9 Å². The maximum Gasteiger partial charge on any atom is 0.308 e. The molecular weight excluding hydrogens is 336 g/mol. The number of nitrogens with one attached hydrogen (secondary N) is 1. The molecule has 1 fully saturated rings. The first-order valence-electron chi connectivity index (χ1n) is 8.41. The van der Waals surface area contributed by atoms with Gasteiger partial charge in [-0.1, -0.05) is 13.0 Å². The van der Waals surface area contributed by atoms with E-state index in [1.807, 2.05) is 6.92 Å². The lowest BCUT2D eigenvalue weighted by molar-refractivity contribution is -0.143. The fourth-order valence-electron chi connectivity index (χ4n) is 3.21. The highest BCUT2D eigenvalue weighted by Crippen LogP contribution is 2.24. The van der Waals surface area contributed by atoms with Crippen LogP contribution in [0.3, 0.4) is 0 Å². The Morgan fingerprint density at radius 1 is 1.19 bits per heavy atom. The molecule has 0 aliphatic carbocycles. The summed E-state index contributed by atoms with van der Waals surface area (Å²) in [5.74, 6) is -1.78. The van der Waals surface area contributed by atoms with Gasteiger partial charge in [-0.05, 0) is 42.7 Å². The zero-order valence-electron chi connectivity index (χ0n) is 14.3. The van der Waals surface area contributed by atoms with Crippen molar-refractivity contribution >= 4 is 23.5 Å². The molecule has 1 aromatic carbocycles. The highest BCUT2D eigenvalue weighted by atomic mass is 16.4. The van der Waals surface area contributed by atoms with Crippen molar-refractivity contribution in [1.29, 1.82) is 0 Å². The first-order chi connectivity index (χ1) is 12.4. The van der Waals surface area contributed by atoms with Gasteiger partial charge in [0.05, 0.1) is 12.2 Å². The van der Waals surface area contributed by atoms with Crippen LogP contribution in [0.15, 0.2) is 47.1 Å². The van der Waals surface area contributed by atoms with E-state index in [2.05, 4.69) is 5.32 Å². The Kier molecular flexibility index (Phi) is 5.06. The molecule has 1 aromatic heterocycles. The van der Waals surface area contributed by atoms with Crippen molar-refractivity contribution < 1.29 is 23.9 Å². The van der Waals surface area contributed by atoms with Crippen molar-refractivity contribution in [3.05, 3.63) is 54.0 Å². The highest BCUT2D eigenvalue weighted by Gasteiger charge is 2.32. The molecule has 1 aliphatic heterocycles. The molecule has 2 atom stereocenters. The highest BCUT2D eigenvalue weighted by molar-refractivity contribution is 6.03. The fraction of sp³-hybridized carbons (Fsp3) is 0.316. The SMILES string of the molecule is CC1CC(C(=O)O)CN(C(=O)c2cccc(NC(=O)c3ccco3)c2)C1. The van der Waals surface area contributed by atoms with Crippen molar-refractivity contribution in [2.24, 2.45) is 11.8 Å². The first-order valence-corrected chi connectivity index (χ1v) is 8.41. The van der Waals surface area contributed by atoms with Crippen molar-refractivity contribution in [2.45, 2.75) is 13.3 Å². The van der Waals surface area contributed by atoms with E-state index >= 15 is 0 Å². The number of benzene rings is 1. The predicted octanol–water partition coefficient (Wildman–Crippen LogP) is 2.71. The van der Waals surface area contributed by atoms with Gasteiger partial charge in [0.15, 0.2) is 5.76 Å². The smallest absolute Gasteiger partial charge is 0.308 e. The minimum atomic E-state index is -0.881. The van der Waals surface area contributed by atoms with E-state index in [4.69, 9.17) is 4.42 Å². The van der Waals surface area contributed by atoms with Crippen LogP contribution in [-0.4, -0.2) is 40.9 Å². The Balaban J connectivity index is 1.73. The van der Waals surface area contributed by atoms with Crippen LogP contribution in [-0.2, 0) is 4.79 Å². The number of carbonyl (C=O) groups is 3. The second kappa shape index (κ2) is 7.43. The largest absolute Gasteiger partial charge is 0.481 e. The fourth-order valence-corrected chi connectivity index (χ4v) is 3.21. The molecule has 2 unspecified atom stereocenters. The van der Waals surface area contributed by atoms with E-state index in [1.165, 1.54) is 6.26 Å². The number of amides is 2. The van der Waals surface area contributed by atoms with Gasteiger partial charge in [0.2, 0.25) is 0 Å². The average Bonchev–Trinajstić information content (AvgIpc) is 3.15. The molecule has 2 amide bonds. The zero-order chi connectivity index (χ0) is 18.7. The molecule has 0 spiro atoms. The second-order valence-corrected chi connectivity index (χ2v) is 6.60. The number of piperidine rings is 1. The molecule has 0 saturated carbocycles. The van der Waals surface area contributed by atoms with Crippen LogP contribution in [0.5, 0.6) is 0 Å². The van der Waals surface area contributed by atoms with Gasteiger partial charge in [-0.2, -0.15) is 0 Å². The monoisotopic (exact) mass is 356 g/mol. The molecule has 7 nitrogen and oxygen atoms in total. The van der Waals surface area contributed by atoms with Crippen molar-refractivity contribution in [1.82, 2.24) is 4.90 Å². The number of furan rings is 1. The number of hydrogen-bond donors (Lipinski definition) is 2. The number of carboxylic acids is 1.